The molecule has 2 rings (SSSR count). The zero-order chi connectivity index (χ0) is 20.8. The summed E-state index contributed by atoms with van der Waals surface area (Å²) in [4.78, 5) is 22.8. The molecule has 0 bridgehead atoms. The van der Waals surface area contributed by atoms with Gasteiger partial charge in [0.15, 0.2) is 0 Å². The van der Waals surface area contributed by atoms with Crippen LogP contribution in [0.25, 0.3) is 0 Å². The second-order valence-electron chi connectivity index (χ2n) is 6.16. The summed E-state index contributed by atoms with van der Waals surface area (Å²) in [6.07, 6.45) is 0. The highest BCUT2D eigenvalue weighted by atomic mass is 32.2. The second-order valence-corrected chi connectivity index (χ2v) is 9.44. The van der Waals surface area contributed by atoms with E-state index in [2.05, 4.69) is 10.0 Å². The summed E-state index contributed by atoms with van der Waals surface area (Å²) >= 11 is 1.16. The number of rotatable bonds is 9. The highest BCUT2D eigenvalue weighted by Crippen LogP contribution is 2.36. The van der Waals surface area contributed by atoms with Gasteiger partial charge in [0.1, 0.15) is 4.75 Å². The van der Waals surface area contributed by atoms with Crippen LogP contribution in [0.5, 0.6) is 0 Å². The Labute approximate surface area is 168 Å². The molecule has 0 aliphatic carbocycles. The predicted octanol–water partition coefficient (Wildman–Crippen LogP) is 2.66. The monoisotopic (exact) mass is 422 g/mol. The third-order valence-corrected chi connectivity index (χ3v) is 6.88. The SMILES string of the molecule is CC(=O)Nc1ccc(S(=O)(=O)NCCSC(C)(C(=O)O)c2ccccc2)cc1. The van der Waals surface area contributed by atoms with Crippen molar-refractivity contribution in [3.63, 3.8) is 0 Å². The number of benzene rings is 2. The molecule has 0 aliphatic rings. The summed E-state index contributed by atoms with van der Waals surface area (Å²) in [7, 11) is -3.73. The molecule has 0 fully saturated rings. The van der Waals surface area contributed by atoms with Crippen molar-refractivity contribution >= 4 is 39.3 Å². The molecule has 0 spiro atoms. The van der Waals surface area contributed by atoms with E-state index < -0.39 is 20.7 Å². The molecule has 1 unspecified atom stereocenters. The fourth-order valence-electron chi connectivity index (χ4n) is 2.46. The van der Waals surface area contributed by atoms with E-state index in [0.717, 1.165) is 11.8 Å². The molecule has 2 aromatic rings. The molecule has 0 aliphatic heterocycles. The van der Waals surface area contributed by atoms with E-state index in [1.165, 1.54) is 31.2 Å². The van der Waals surface area contributed by atoms with Crippen LogP contribution in [0.1, 0.15) is 19.4 Å². The number of thioether (sulfide) groups is 1. The molecule has 9 heteroatoms. The number of hydrogen-bond acceptors (Lipinski definition) is 5. The quantitative estimate of drug-likeness (QED) is 0.536. The van der Waals surface area contributed by atoms with Crippen molar-refractivity contribution in [2.24, 2.45) is 0 Å². The molecule has 0 saturated carbocycles. The van der Waals surface area contributed by atoms with Crippen molar-refractivity contribution in [2.75, 3.05) is 17.6 Å². The van der Waals surface area contributed by atoms with Gasteiger partial charge in [0.2, 0.25) is 15.9 Å². The normalized spacial score (nSPS) is 13.5. The molecule has 150 valence electrons. The predicted molar refractivity (Wildman–Crippen MR) is 110 cm³/mol. The lowest BCUT2D eigenvalue weighted by atomic mass is 10.0. The fourth-order valence-corrected chi connectivity index (χ4v) is 4.66. The average molecular weight is 423 g/mol. The number of carboxylic acids is 1. The van der Waals surface area contributed by atoms with Crippen LogP contribution < -0.4 is 10.0 Å². The van der Waals surface area contributed by atoms with Gasteiger partial charge in [-0.25, -0.2) is 13.1 Å². The molecule has 0 radical (unpaired) electrons. The minimum atomic E-state index is -3.73. The number of amides is 1. The number of anilines is 1. The number of hydrogen-bond donors (Lipinski definition) is 3. The van der Waals surface area contributed by atoms with Gasteiger partial charge in [-0.15, -0.1) is 11.8 Å². The van der Waals surface area contributed by atoms with Gasteiger partial charge in [0, 0.05) is 24.9 Å². The number of aliphatic carboxylic acids is 1. The van der Waals surface area contributed by atoms with E-state index in [-0.39, 0.29) is 23.1 Å². The first-order valence-electron chi connectivity index (χ1n) is 8.45. The third-order valence-electron chi connectivity index (χ3n) is 4.00. The van der Waals surface area contributed by atoms with E-state index >= 15 is 0 Å². The zero-order valence-electron chi connectivity index (χ0n) is 15.5. The first kappa shape index (κ1) is 21.9. The van der Waals surface area contributed by atoms with Gasteiger partial charge in [0.25, 0.3) is 0 Å². The van der Waals surface area contributed by atoms with Crippen LogP contribution in [-0.2, 0) is 24.4 Å². The summed E-state index contributed by atoms with van der Waals surface area (Å²) in [6.45, 7) is 3.05. The van der Waals surface area contributed by atoms with Gasteiger partial charge >= 0.3 is 5.97 Å². The van der Waals surface area contributed by atoms with Crippen LogP contribution in [0, 0.1) is 0 Å². The summed E-state index contributed by atoms with van der Waals surface area (Å²) in [5.74, 6) is -0.952. The van der Waals surface area contributed by atoms with E-state index in [1.54, 1.807) is 31.2 Å². The Hall–Kier alpha value is -2.36. The molecule has 2 aromatic carbocycles. The van der Waals surface area contributed by atoms with E-state index in [4.69, 9.17) is 0 Å². The maximum atomic E-state index is 12.4. The Morgan fingerprint density at radius 2 is 1.68 bits per heavy atom. The van der Waals surface area contributed by atoms with Crippen molar-refractivity contribution in [2.45, 2.75) is 23.5 Å². The Morgan fingerprint density at radius 1 is 1.07 bits per heavy atom. The second kappa shape index (κ2) is 9.22. The first-order chi connectivity index (χ1) is 13.1. The molecule has 1 atom stereocenters. The van der Waals surface area contributed by atoms with Gasteiger partial charge in [0.05, 0.1) is 4.90 Å². The van der Waals surface area contributed by atoms with Crippen LogP contribution in [-0.4, -0.2) is 37.7 Å². The zero-order valence-corrected chi connectivity index (χ0v) is 17.1. The molecule has 0 aromatic heterocycles. The summed E-state index contributed by atoms with van der Waals surface area (Å²) in [6, 6.07) is 14.6. The van der Waals surface area contributed by atoms with E-state index in [0.29, 0.717) is 11.3 Å². The van der Waals surface area contributed by atoms with E-state index in [1.807, 2.05) is 6.07 Å². The van der Waals surface area contributed by atoms with Crippen molar-refractivity contribution in [3.05, 3.63) is 60.2 Å². The smallest absolute Gasteiger partial charge is 0.324 e. The standard InChI is InChI=1S/C19H22N2O5S2/c1-14(22)21-16-8-10-17(11-9-16)28(25,26)20-12-13-27-19(2,18(23)24)15-6-4-3-5-7-15/h3-11,20H,12-13H2,1-2H3,(H,21,22)(H,23,24). The molecule has 7 nitrogen and oxygen atoms in total. The lowest BCUT2D eigenvalue weighted by molar-refractivity contribution is -0.139. The van der Waals surface area contributed by atoms with E-state index in [9.17, 15) is 23.1 Å². The van der Waals surface area contributed by atoms with Crippen LogP contribution in [0.15, 0.2) is 59.5 Å². The van der Waals surface area contributed by atoms with Gasteiger partial charge < -0.3 is 10.4 Å². The van der Waals surface area contributed by atoms with Crippen LogP contribution in [0.4, 0.5) is 5.69 Å². The Bertz CT molecular complexity index is 931. The lowest BCUT2D eigenvalue weighted by Gasteiger charge is -2.24. The number of carbonyl (C=O) groups excluding carboxylic acids is 1. The molecular formula is C19H22N2O5S2. The Balaban J connectivity index is 1.97. The minimum absolute atomic E-state index is 0.0654. The maximum Gasteiger partial charge on any atom is 0.324 e. The summed E-state index contributed by atoms with van der Waals surface area (Å²) in [5, 5.41) is 12.2. The lowest BCUT2D eigenvalue weighted by Crippen LogP contribution is -2.32. The average Bonchev–Trinajstić information content (AvgIpc) is 2.65. The highest BCUT2D eigenvalue weighted by molar-refractivity contribution is 8.01. The fraction of sp³-hybridized carbons (Fsp3) is 0.263. The van der Waals surface area contributed by atoms with Gasteiger partial charge in [-0.05, 0) is 36.8 Å². The van der Waals surface area contributed by atoms with Crippen LogP contribution in [0.3, 0.4) is 0 Å². The molecule has 28 heavy (non-hydrogen) atoms. The topological polar surface area (TPSA) is 113 Å². The first-order valence-corrected chi connectivity index (χ1v) is 10.9. The number of carboxylic acid groups (broad SMARTS) is 1. The number of carbonyl (C=O) groups is 2. The van der Waals surface area contributed by atoms with Crippen molar-refractivity contribution in [3.8, 4) is 0 Å². The van der Waals surface area contributed by atoms with Crippen LogP contribution in [0.2, 0.25) is 0 Å². The van der Waals surface area contributed by atoms with Crippen molar-refractivity contribution < 1.29 is 23.1 Å². The Morgan fingerprint density at radius 3 is 2.21 bits per heavy atom. The summed E-state index contributed by atoms with van der Waals surface area (Å²) in [5.41, 5.74) is 1.14. The molecule has 0 saturated heterocycles. The van der Waals surface area contributed by atoms with Crippen molar-refractivity contribution in [1.82, 2.24) is 4.72 Å². The Kier molecular flexibility index (Phi) is 7.22. The van der Waals surface area contributed by atoms with Gasteiger partial charge in [-0.2, -0.15) is 0 Å². The van der Waals surface area contributed by atoms with Crippen molar-refractivity contribution in [1.29, 1.82) is 0 Å². The van der Waals surface area contributed by atoms with Gasteiger partial charge in [-0.3, -0.25) is 9.59 Å². The maximum absolute atomic E-state index is 12.4. The number of nitrogens with one attached hydrogen (secondary N) is 2. The minimum Gasteiger partial charge on any atom is -0.480 e. The highest BCUT2D eigenvalue weighted by Gasteiger charge is 2.35. The third kappa shape index (κ3) is 5.57. The van der Waals surface area contributed by atoms with Gasteiger partial charge in [-0.1, -0.05) is 30.3 Å². The number of sulfonamides is 1. The van der Waals surface area contributed by atoms with Crippen LogP contribution >= 0.6 is 11.8 Å². The molecule has 1 amide bonds. The molecule has 0 heterocycles. The summed E-state index contributed by atoms with van der Waals surface area (Å²) < 4.78 is 26.0. The molecular weight excluding hydrogens is 400 g/mol. The molecule has 3 N–H and O–H groups in total. The largest absolute Gasteiger partial charge is 0.480 e.